The zero-order valence-corrected chi connectivity index (χ0v) is 9.18. The van der Waals surface area contributed by atoms with Gasteiger partial charge in [-0.3, -0.25) is 4.79 Å². The second-order valence-corrected chi connectivity index (χ2v) is 3.71. The summed E-state index contributed by atoms with van der Waals surface area (Å²) in [7, 11) is 0. The third-order valence-corrected chi connectivity index (χ3v) is 2.26. The Morgan fingerprint density at radius 3 is 1.45 bits per heavy atom. The quantitative estimate of drug-likeness (QED) is 0.438. The van der Waals surface area contributed by atoms with E-state index in [9.17, 15) is 48.7 Å². The molecule has 118 valence electrons. The van der Waals surface area contributed by atoms with Crippen LogP contribution in [0.1, 0.15) is 0 Å². The summed E-state index contributed by atoms with van der Waals surface area (Å²) in [4.78, 5) is 6.87. The first-order valence-corrected chi connectivity index (χ1v) is 4.49. The van der Waals surface area contributed by atoms with E-state index in [2.05, 4.69) is 11.6 Å². The first-order valence-electron chi connectivity index (χ1n) is 4.11. The van der Waals surface area contributed by atoms with E-state index in [1.54, 1.807) is 0 Å². The van der Waals surface area contributed by atoms with E-state index in [0.717, 1.165) is 0 Å². The minimum atomic E-state index is -6.66. The molecule has 0 aromatic carbocycles. The summed E-state index contributed by atoms with van der Waals surface area (Å²) in [6.45, 7) is 0. The van der Waals surface area contributed by atoms with E-state index in [1.165, 1.54) is 0 Å². The molecule has 1 rings (SSSR count). The standard InChI is InChI=1S/C6ClF10NO2/c7-1(19)2(8,9)18-3(10,11)5(14,15)20-6(16,17)4(18,12)13. The van der Waals surface area contributed by atoms with Crippen LogP contribution >= 0.6 is 11.6 Å². The molecule has 14 heteroatoms. The molecular weight excluding hydrogens is 344 g/mol. The summed E-state index contributed by atoms with van der Waals surface area (Å²) in [5.74, 6) is 0. The van der Waals surface area contributed by atoms with Gasteiger partial charge in [-0.25, -0.2) is 4.74 Å². The zero-order chi connectivity index (χ0) is 16.4. The molecule has 1 heterocycles. The highest BCUT2D eigenvalue weighted by Crippen LogP contribution is 2.58. The fourth-order valence-corrected chi connectivity index (χ4v) is 1.25. The Morgan fingerprint density at radius 1 is 0.900 bits per heavy atom. The van der Waals surface area contributed by atoms with Crippen LogP contribution in [0.4, 0.5) is 43.9 Å². The van der Waals surface area contributed by atoms with Crippen LogP contribution in [-0.2, 0) is 9.53 Å². The van der Waals surface area contributed by atoms with Crippen molar-refractivity contribution >= 4 is 16.8 Å². The van der Waals surface area contributed by atoms with Crippen molar-refractivity contribution < 1.29 is 53.4 Å². The van der Waals surface area contributed by atoms with Crippen LogP contribution in [0, 0.1) is 0 Å². The number of hydrogen-bond acceptors (Lipinski definition) is 3. The lowest BCUT2D eigenvalue weighted by Gasteiger charge is -2.48. The number of ether oxygens (including phenoxy) is 1. The maximum Gasteiger partial charge on any atom is 0.439 e. The highest BCUT2D eigenvalue weighted by atomic mass is 35.5. The van der Waals surface area contributed by atoms with Crippen LogP contribution in [-0.4, -0.2) is 40.5 Å². The summed E-state index contributed by atoms with van der Waals surface area (Å²) < 4.78 is 129. The van der Waals surface area contributed by atoms with Gasteiger partial charge < -0.3 is 0 Å². The lowest BCUT2D eigenvalue weighted by Crippen LogP contribution is -2.78. The molecule has 0 atom stereocenters. The SMILES string of the molecule is O=C(Cl)C(F)(F)N1C(F)(F)C(F)(F)OC(F)(F)C1(F)F. The Kier molecular flexibility index (Phi) is 3.53. The molecule has 1 aliphatic rings. The van der Waals surface area contributed by atoms with Crippen molar-refractivity contribution in [1.29, 1.82) is 0 Å². The predicted molar refractivity (Wildman–Crippen MR) is 38.5 cm³/mol. The van der Waals surface area contributed by atoms with Crippen LogP contribution in [0.2, 0.25) is 0 Å². The molecule has 0 amide bonds. The summed E-state index contributed by atoms with van der Waals surface area (Å²) in [6.07, 6.45) is -12.9. The first kappa shape index (κ1) is 17.2. The fraction of sp³-hybridized carbons (Fsp3) is 0.833. The van der Waals surface area contributed by atoms with Gasteiger partial charge in [-0.15, -0.1) is 0 Å². The highest BCUT2D eigenvalue weighted by molar-refractivity contribution is 6.65. The lowest BCUT2D eigenvalue weighted by atomic mass is 10.2. The number of morpholine rings is 1. The molecule has 0 unspecified atom stereocenters. The molecule has 1 aliphatic heterocycles. The van der Waals surface area contributed by atoms with Gasteiger partial charge in [-0.05, 0) is 11.6 Å². The first-order chi connectivity index (χ1) is 8.52. The van der Waals surface area contributed by atoms with Crippen LogP contribution in [0.25, 0.3) is 0 Å². The number of carbonyl (C=O) groups is 1. The number of alkyl halides is 10. The Labute approximate surface area is 107 Å². The molecule has 0 aliphatic carbocycles. The normalized spacial score (nSPS) is 28.1. The second-order valence-electron chi connectivity index (χ2n) is 3.37. The van der Waals surface area contributed by atoms with Gasteiger partial charge in [0, 0.05) is 0 Å². The van der Waals surface area contributed by atoms with Gasteiger partial charge in [0.15, 0.2) is 0 Å². The fourth-order valence-electron chi connectivity index (χ4n) is 1.16. The third kappa shape index (κ3) is 2.02. The van der Waals surface area contributed by atoms with E-state index < -0.39 is 40.5 Å². The highest BCUT2D eigenvalue weighted by Gasteiger charge is 2.87. The molecule has 0 saturated carbocycles. The monoisotopic (exact) mass is 343 g/mol. The van der Waals surface area contributed by atoms with Crippen LogP contribution < -0.4 is 0 Å². The molecule has 0 radical (unpaired) electrons. The Bertz CT molecular complexity index is 411. The van der Waals surface area contributed by atoms with Gasteiger partial charge in [0.05, 0.1) is 0 Å². The Morgan fingerprint density at radius 2 is 1.20 bits per heavy atom. The maximum absolute atomic E-state index is 12.9. The Hall–Kier alpha value is -0.820. The molecule has 0 bridgehead atoms. The molecule has 3 nitrogen and oxygen atoms in total. The smallest absolute Gasteiger partial charge is 0.273 e. The molecule has 0 N–H and O–H groups in total. The zero-order valence-electron chi connectivity index (χ0n) is 8.42. The van der Waals surface area contributed by atoms with Crippen LogP contribution in [0.5, 0.6) is 0 Å². The lowest BCUT2D eigenvalue weighted by molar-refractivity contribution is -0.580. The maximum atomic E-state index is 12.9. The van der Waals surface area contributed by atoms with Crippen molar-refractivity contribution in [1.82, 2.24) is 4.90 Å². The Balaban J connectivity index is 3.60. The van der Waals surface area contributed by atoms with E-state index in [0.29, 0.717) is 0 Å². The van der Waals surface area contributed by atoms with Gasteiger partial charge in [-0.2, -0.15) is 43.9 Å². The number of rotatable bonds is 2. The van der Waals surface area contributed by atoms with Crippen molar-refractivity contribution in [3.8, 4) is 0 Å². The van der Waals surface area contributed by atoms with Gasteiger partial charge in [0.1, 0.15) is 0 Å². The molecule has 0 aromatic heterocycles. The molecule has 1 fully saturated rings. The van der Waals surface area contributed by atoms with Crippen LogP contribution in [0.15, 0.2) is 0 Å². The minimum Gasteiger partial charge on any atom is -0.273 e. The van der Waals surface area contributed by atoms with Crippen molar-refractivity contribution in [2.45, 2.75) is 30.4 Å². The molecular formula is C6ClF10NO2. The van der Waals surface area contributed by atoms with Gasteiger partial charge in [-0.1, -0.05) is 4.90 Å². The van der Waals surface area contributed by atoms with Crippen molar-refractivity contribution in [3.05, 3.63) is 0 Å². The molecule has 20 heavy (non-hydrogen) atoms. The van der Waals surface area contributed by atoms with Crippen molar-refractivity contribution in [2.24, 2.45) is 0 Å². The predicted octanol–water partition coefficient (Wildman–Crippen LogP) is 3.05. The molecule has 1 saturated heterocycles. The third-order valence-electron chi connectivity index (χ3n) is 2.04. The average molecular weight is 344 g/mol. The largest absolute Gasteiger partial charge is 0.439 e. The number of carbonyl (C=O) groups excluding carboxylic acids is 1. The molecule has 0 spiro atoms. The number of halogens is 11. The van der Waals surface area contributed by atoms with E-state index in [4.69, 9.17) is 0 Å². The minimum absolute atomic E-state index is 1.90. The van der Waals surface area contributed by atoms with Gasteiger partial charge in [0.25, 0.3) is 0 Å². The van der Waals surface area contributed by atoms with E-state index in [-0.39, 0.29) is 0 Å². The van der Waals surface area contributed by atoms with Crippen LogP contribution in [0.3, 0.4) is 0 Å². The molecule has 0 aromatic rings. The number of nitrogens with zero attached hydrogens (tertiary/aromatic N) is 1. The number of hydrogen-bond donors (Lipinski definition) is 0. The van der Waals surface area contributed by atoms with Gasteiger partial charge >= 0.3 is 35.6 Å². The summed E-state index contributed by atoms with van der Waals surface area (Å²) in [5.41, 5.74) is 0. The summed E-state index contributed by atoms with van der Waals surface area (Å²) in [6, 6.07) is -19.6. The van der Waals surface area contributed by atoms with Crippen molar-refractivity contribution in [3.63, 3.8) is 0 Å². The topological polar surface area (TPSA) is 29.5 Å². The average Bonchev–Trinajstić information content (AvgIpc) is 2.11. The summed E-state index contributed by atoms with van der Waals surface area (Å²) >= 11 is 4.02. The summed E-state index contributed by atoms with van der Waals surface area (Å²) in [5, 5.41) is -3.30. The second kappa shape index (κ2) is 4.10. The van der Waals surface area contributed by atoms with E-state index in [1.807, 2.05) is 4.74 Å². The van der Waals surface area contributed by atoms with E-state index >= 15 is 0 Å². The van der Waals surface area contributed by atoms with Gasteiger partial charge in [0.2, 0.25) is 0 Å². The van der Waals surface area contributed by atoms with Crippen molar-refractivity contribution in [2.75, 3.05) is 0 Å².